The van der Waals surface area contributed by atoms with Gasteiger partial charge in [-0.05, 0) is 25.3 Å². The van der Waals surface area contributed by atoms with Crippen LogP contribution in [0, 0.1) is 0 Å². The van der Waals surface area contributed by atoms with E-state index < -0.39 is 5.60 Å². The van der Waals surface area contributed by atoms with E-state index in [1.54, 1.807) is 41.3 Å². The molecule has 5 heteroatoms. The number of carbonyl (C=O) groups excluding carboxylic acids is 2. The molecule has 1 fully saturated rings. The molecule has 0 saturated carbocycles. The highest BCUT2D eigenvalue weighted by atomic mass is 16.3. The highest BCUT2D eigenvalue weighted by molar-refractivity contribution is 6.10. The van der Waals surface area contributed by atoms with Crippen molar-refractivity contribution in [2.45, 2.75) is 31.3 Å². The number of Topliss-reactive ketones (excluding diaryl/α,β-unsaturated/α-hetero) is 1. The van der Waals surface area contributed by atoms with Gasteiger partial charge >= 0.3 is 0 Å². The maximum absolute atomic E-state index is 13.2. The predicted octanol–water partition coefficient (Wildman–Crippen LogP) is 1.52. The van der Waals surface area contributed by atoms with Crippen LogP contribution in [0.4, 0.5) is 5.69 Å². The molecule has 0 unspecified atom stereocenters. The number of quaternary nitrogens is 1. The lowest BCUT2D eigenvalue weighted by molar-refractivity contribution is -0.903. The molecular weight excluding hydrogens is 340 g/mol. The van der Waals surface area contributed by atoms with Gasteiger partial charge in [0.15, 0.2) is 18.1 Å². The van der Waals surface area contributed by atoms with Gasteiger partial charge in [0.25, 0.3) is 5.91 Å². The Morgan fingerprint density at radius 2 is 1.67 bits per heavy atom. The fourth-order valence-corrected chi connectivity index (χ4v) is 4.23. The molecule has 2 aromatic carbocycles. The maximum atomic E-state index is 13.2. The number of benzene rings is 2. The zero-order chi connectivity index (χ0) is 18.9. The third-order valence-electron chi connectivity index (χ3n) is 5.69. The minimum absolute atomic E-state index is 0.228. The fourth-order valence-electron chi connectivity index (χ4n) is 4.23. The van der Waals surface area contributed by atoms with Crippen molar-refractivity contribution in [2.24, 2.45) is 0 Å². The first-order valence-corrected chi connectivity index (χ1v) is 9.65. The van der Waals surface area contributed by atoms with Gasteiger partial charge in [-0.25, -0.2) is 0 Å². The summed E-state index contributed by atoms with van der Waals surface area (Å²) < 4.78 is 0. The molecule has 27 heavy (non-hydrogen) atoms. The first-order valence-electron chi connectivity index (χ1n) is 9.65. The van der Waals surface area contributed by atoms with E-state index in [1.807, 2.05) is 18.2 Å². The lowest BCUT2D eigenvalue weighted by Crippen LogP contribution is -3.14. The summed E-state index contributed by atoms with van der Waals surface area (Å²) in [5.41, 5.74) is -0.0189. The number of fused-ring (bicyclic) bond motifs is 1. The van der Waals surface area contributed by atoms with Crippen molar-refractivity contribution in [3.63, 3.8) is 0 Å². The van der Waals surface area contributed by atoms with Crippen molar-refractivity contribution >= 4 is 17.4 Å². The highest BCUT2D eigenvalue weighted by Crippen LogP contribution is 2.42. The Balaban J connectivity index is 1.62. The Morgan fingerprint density at radius 3 is 2.41 bits per heavy atom. The Hall–Kier alpha value is -2.50. The minimum Gasteiger partial charge on any atom is -0.375 e. The molecule has 0 aromatic heterocycles. The van der Waals surface area contributed by atoms with Crippen molar-refractivity contribution in [1.29, 1.82) is 0 Å². The number of nitrogens with zero attached hydrogens (tertiary/aromatic N) is 1. The number of aliphatic hydroxyl groups is 1. The van der Waals surface area contributed by atoms with E-state index in [4.69, 9.17) is 0 Å². The van der Waals surface area contributed by atoms with E-state index in [1.165, 1.54) is 11.3 Å². The second-order valence-corrected chi connectivity index (χ2v) is 7.55. The van der Waals surface area contributed by atoms with Gasteiger partial charge in [-0.2, -0.15) is 0 Å². The Kier molecular flexibility index (Phi) is 4.81. The van der Waals surface area contributed by atoms with Crippen LogP contribution in [0.25, 0.3) is 0 Å². The molecule has 4 rings (SSSR count). The van der Waals surface area contributed by atoms with Gasteiger partial charge in [0.2, 0.25) is 0 Å². The number of anilines is 1. The molecule has 0 spiro atoms. The molecule has 2 aromatic rings. The van der Waals surface area contributed by atoms with Crippen molar-refractivity contribution in [1.82, 2.24) is 0 Å². The number of para-hydroxylation sites is 1. The van der Waals surface area contributed by atoms with Gasteiger partial charge in [-0.15, -0.1) is 0 Å². The molecule has 2 N–H and O–H groups in total. The number of likely N-dealkylation sites (tertiary alicyclic amines) is 1. The van der Waals surface area contributed by atoms with E-state index in [9.17, 15) is 14.7 Å². The molecule has 1 amide bonds. The average molecular weight is 365 g/mol. The Labute approximate surface area is 159 Å². The molecule has 0 bridgehead atoms. The number of hydrogen-bond donors (Lipinski definition) is 2. The summed E-state index contributed by atoms with van der Waals surface area (Å²) in [5, 5.41) is 11.3. The summed E-state index contributed by atoms with van der Waals surface area (Å²) in [6.45, 7) is 2.61. The van der Waals surface area contributed by atoms with Crippen LogP contribution in [0.15, 0.2) is 54.6 Å². The van der Waals surface area contributed by atoms with Crippen LogP contribution in [0.5, 0.6) is 0 Å². The summed E-state index contributed by atoms with van der Waals surface area (Å²) in [7, 11) is 0. The predicted molar refractivity (Wildman–Crippen MR) is 103 cm³/mol. The largest absolute Gasteiger partial charge is 0.375 e. The van der Waals surface area contributed by atoms with Crippen LogP contribution in [0.2, 0.25) is 0 Å². The Bertz CT molecular complexity index is 846. The number of rotatable bonds is 5. The molecule has 2 aliphatic rings. The summed E-state index contributed by atoms with van der Waals surface area (Å²) in [4.78, 5) is 29.0. The summed E-state index contributed by atoms with van der Waals surface area (Å²) in [5.74, 6) is -0.612. The van der Waals surface area contributed by atoms with E-state index in [0.29, 0.717) is 17.8 Å². The lowest BCUT2D eigenvalue weighted by Gasteiger charge is -2.29. The number of amides is 1. The van der Waals surface area contributed by atoms with Crippen molar-refractivity contribution < 1.29 is 19.6 Å². The first kappa shape index (κ1) is 17.9. The zero-order valence-electron chi connectivity index (χ0n) is 15.4. The van der Waals surface area contributed by atoms with Crippen LogP contribution in [-0.2, 0) is 10.4 Å². The second-order valence-electron chi connectivity index (χ2n) is 7.55. The van der Waals surface area contributed by atoms with Crippen LogP contribution in [0.3, 0.4) is 0 Å². The maximum Gasteiger partial charge on any atom is 0.268 e. The molecule has 0 aliphatic carbocycles. The van der Waals surface area contributed by atoms with Crippen LogP contribution >= 0.6 is 0 Å². The molecule has 0 radical (unpaired) electrons. The molecular formula is C22H25N2O3+. The van der Waals surface area contributed by atoms with Gasteiger partial charge in [0, 0.05) is 11.1 Å². The summed E-state index contributed by atoms with van der Waals surface area (Å²) in [6, 6.07) is 16.1. The topological polar surface area (TPSA) is 62.0 Å². The third-order valence-corrected chi connectivity index (χ3v) is 5.69. The summed E-state index contributed by atoms with van der Waals surface area (Å²) >= 11 is 0. The van der Waals surface area contributed by atoms with Crippen LogP contribution < -0.4 is 9.80 Å². The first-order chi connectivity index (χ1) is 13.1. The van der Waals surface area contributed by atoms with E-state index in [2.05, 4.69) is 0 Å². The van der Waals surface area contributed by atoms with Crippen molar-refractivity contribution in [3.05, 3.63) is 65.7 Å². The molecule has 5 nitrogen and oxygen atoms in total. The lowest BCUT2D eigenvalue weighted by atomic mass is 9.88. The highest BCUT2D eigenvalue weighted by Gasteiger charge is 2.51. The number of nitrogens with one attached hydrogen (secondary N) is 1. The SMILES string of the molecule is O=C(C[C@@]1(O)C(=O)N(C[NH+]2CCCCC2)c2ccccc21)c1ccccc1. The average Bonchev–Trinajstić information content (AvgIpc) is 2.92. The number of carbonyl (C=O) groups is 2. The van der Waals surface area contributed by atoms with E-state index in [0.717, 1.165) is 31.6 Å². The van der Waals surface area contributed by atoms with E-state index >= 15 is 0 Å². The number of hydrogen-bond acceptors (Lipinski definition) is 3. The molecule has 1 atom stereocenters. The zero-order valence-corrected chi connectivity index (χ0v) is 15.4. The normalized spacial score (nSPS) is 22.7. The quantitative estimate of drug-likeness (QED) is 0.790. The molecule has 2 heterocycles. The van der Waals surface area contributed by atoms with Gasteiger partial charge in [-0.1, -0.05) is 48.5 Å². The minimum atomic E-state index is -1.79. The van der Waals surface area contributed by atoms with Gasteiger partial charge in [-0.3, -0.25) is 14.5 Å². The van der Waals surface area contributed by atoms with E-state index in [-0.39, 0.29) is 18.1 Å². The second kappa shape index (κ2) is 7.25. The monoisotopic (exact) mass is 365 g/mol. The molecule has 1 saturated heterocycles. The van der Waals surface area contributed by atoms with Gasteiger partial charge < -0.3 is 10.0 Å². The summed E-state index contributed by atoms with van der Waals surface area (Å²) in [6.07, 6.45) is 3.33. The standard InChI is InChI=1S/C22H24N2O3/c25-20(17-9-3-1-4-10-17)15-22(27)18-11-5-6-12-19(18)24(21(22)26)16-23-13-7-2-8-14-23/h1,3-6,9-12,27H,2,7-8,13-16H2/p+1/t22-/m0/s1. The van der Waals surface area contributed by atoms with Crippen molar-refractivity contribution in [2.75, 3.05) is 24.7 Å². The van der Waals surface area contributed by atoms with Gasteiger partial charge in [0.05, 0.1) is 25.2 Å². The third kappa shape index (κ3) is 3.29. The Morgan fingerprint density at radius 1 is 1.00 bits per heavy atom. The van der Waals surface area contributed by atoms with Crippen molar-refractivity contribution in [3.8, 4) is 0 Å². The molecule has 140 valence electrons. The van der Waals surface area contributed by atoms with Gasteiger partial charge in [0.1, 0.15) is 0 Å². The van der Waals surface area contributed by atoms with Crippen LogP contribution in [0.1, 0.15) is 41.6 Å². The molecule has 2 aliphatic heterocycles. The fraction of sp³-hybridized carbons (Fsp3) is 0.364. The smallest absolute Gasteiger partial charge is 0.268 e. The number of ketones is 1. The van der Waals surface area contributed by atoms with Crippen LogP contribution in [-0.4, -0.2) is 36.6 Å². The number of piperidine rings is 1.